The van der Waals surface area contributed by atoms with Gasteiger partial charge in [0.1, 0.15) is 24.4 Å². The van der Waals surface area contributed by atoms with Crippen LogP contribution in [0.1, 0.15) is 20.8 Å². The Balaban J connectivity index is 1.64. The van der Waals surface area contributed by atoms with Crippen molar-refractivity contribution in [2.45, 2.75) is 50.5 Å². The normalized spacial score (nSPS) is 29.3. The van der Waals surface area contributed by atoms with Crippen LogP contribution in [0.25, 0.3) is 0 Å². The highest BCUT2D eigenvalue weighted by molar-refractivity contribution is 5.15. The van der Waals surface area contributed by atoms with E-state index in [1.807, 2.05) is 18.2 Å². The predicted molar refractivity (Wildman–Crippen MR) is 123 cm³/mol. The molecule has 0 aromatic heterocycles. The number of benzene rings is 3. The maximum absolute atomic E-state index is 10.8. The second kappa shape index (κ2) is 12.0. The third-order valence-electron chi connectivity index (χ3n) is 5.27. The summed E-state index contributed by atoms with van der Waals surface area (Å²) in [5, 5.41) is 20.8. The maximum atomic E-state index is 10.8. The fourth-order valence-electron chi connectivity index (χ4n) is 3.57. The molecule has 4 unspecified atom stereocenters. The van der Waals surface area contributed by atoms with Crippen molar-refractivity contribution in [3.8, 4) is 0 Å². The molecule has 0 radical (unpaired) electrons. The Kier molecular flexibility index (Phi) is 7.24. The molecule has 1 saturated heterocycles. The molecule has 0 aliphatic carbocycles. The highest BCUT2D eigenvalue weighted by Crippen LogP contribution is 2.29. The van der Waals surface area contributed by atoms with Gasteiger partial charge in [-0.1, -0.05) is 91.0 Å². The zero-order valence-corrected chi connectivity index (χ0v) is 18.0. The molecule has 1 heterocycles. The minimum atomic E-state index is -1.56. The summed E-state index contributed by atoms with van der Waals surface area (Å²) in [6.07, 6.45) is -6.06. The van der Waals surface area contributed by atoms with Gasteiger partial charge < -0.3 is 29.2 Å². The molecule has 4 rings (SSSR count). The number of aliphatic hydroxyl groups excluding tert-OH is 2. The zero-order chi connectivity index (χ0) is 25.5. The molecule has 8 atom stereocenters. The molecule has 0 bridgehead atoms. The van der Waals surface area contributed by atoms with Crippen LogP contribution in [0.15, 0.2) is 91.0 Å². The van der Waals surface area contributed by atoms with Crippen LogP contribution >= 0.6 is 0 Å². The lowest BCUT2D eigenvalue weighted by molar-refractivity contribution is -0.315. The molecule has 0 amide bonds. The number of rotatable bonds is 10. The van der Waals surface area contributed by atoms with Crippen LogP contribution in [-0.2, 0) is 38.7 Å². The molecule has 1 fully saturated rings. The van der Waals surface area contributed by atoms with Crippen LogP contribution in [0.4, 0.5) is 0 Å². The summed E-state index contributed by atoms with van der Waals surface area (Å²) < 4.78 is 49.2. The predicted octanol–water partition coefficient (Wildman–Crippen LogP) is 3.45. The maximum Gasteiger partial charge on any atom is 0.184 e. The highest BCUT2D eigenvalue weighted by atomic mass is 16.7. The number of hydrogen-bond acceptors (Lipinski definition) is 6. The molecule has 2 N–H and O–H groups in total. The van der Waals surface area contributed by atoms with E-state index in [0.717, 1.165) is 0 Å². The van der Waals surface area contributed by atoms with E-state index in [2.05, 4.69) is 0 Å². The number of ether oxygens (including phenoxy) is 4. The van der Waals surface area contributed by atoms with E-state index in [9.17, 15) is 10.2 Å². The van der Waals surface area contributed by atoms with Gasteiger partial charge in [0, 0.05) is 0 Å². The van der Waals surface area contributed by atoms with Crippen LogP contribution in [0.3, 0.4) is 0 Å². The summed E-state index contributed by atoms with van der Waals surface area (Å²) in [6, 6.07) is 26.5. The van der Waals surface area contributed by atoms with Crippen LogP contribution < -0.4 is 0 Å². The van der Waals surface area contributed by atoms with Gasteiger partial charge >= 0.3 is 0 Å². The lowest BCUT2D eigenvalue weighted by Gasteiger charge is -2.44. The summed E-state index contributed by atoms with van der Waals surface area (Å²) in [5.74, 6) is 0. The van der Waals surface area contributed by atoms with Crippen molar-refractivity contribution in [3.05, 3.63) is 108 Å². The van der Waals surface area contributed by atoms with Crippen molar-refractivity contribution in [1.82, 2.24) is 0 Å². The monoisotopic (exact) mass is 453 g/mol. The Hall–Kier alpha value is -2.58. The Morgan fingerprint density at radius 1 is 0.636 bits per heavy atom. The molecule has 1 aliphatic heterocycles. The van der Waals surface area contributed by atoms with Gasteiger partial charge in [0.15, 0.2) is 6.29 Å². The average molecular weight is 454 g/mol. The molecular weight excluding hydrogens is 420 g/mol. The first-order chi connectivity index (χ1) is 17.5. The molecule has 3 aromatic rings. The van der Waals surface area contributed by atoms with Crippen molar-refractivity contribution < 1.29 is 33.3 Å². The van der Waals surface area contributed by atoms with Crippen molar-refractivity contribution in [1.29, 1.82) is 0 Å². The van der Waals surface area contributed by atoms with E-state index < -0.39 is 57.1 Å². The minimum absolute atomic E-state index is 0.521. The van der Waals surface area contributed by atoms with E-state index in [1.165, 1.54) is 0 Å². The van der Waals surface area contributed by atoms with E-state index in [4.69, 9.17) is 23.1 Å². The lowest BCUT2D eigenvalue weighted by atomic mass is 9.98. The van der Waals surface area contributed by atoms with Gasteiger partial charge in [0.2, 0.25) is 0 Å². The van der Waals surface area contributed by atoms with Gasteiger partial charge in [-0.25, -0.2) is 0 Å². The molecule has 3 aromatic carbocycles. The van der Waals surface area contributed by atoms with Crippen molar-refractivity contribution >= 4 is 0 Å². The summed E-state index contributed by atoms with van der Waals surface area (Å²) in [4.78, 5) is 0. The average Bonchev–Trinajstić information content (AvgIpc) is 2.93. The Bertz CT molecular complexity index is 1050. The van der Waals surface area contributed by atoms with Gasteiger partial charge in [-0.2, -0.15) is 0 Å². The van der Waals surface area contributed by atoms with Crippen LogP contribution in [0.2, 0.25) is 0 Å². The molecule has 6 nitrogen and oxygen atoms in total. The topological polar surface area (TPSA) is 77.4 Å². The summed E-state index contributed by atoms with van der Waals surface area (Å²) in [5.41, 5.74) is 1.69. The van der Waals surface area contributed by atoms with Gasteiger partial charge in [-0.05, 0) is 16.7 Å². The van der Waals surface area contributed by atoms with E-state index in [-0.39, 0.29) is 0 Å². The third kappa shape index (κ3) is 6.48. The first-order valence-corrected chi connectivity index (χ1v) is 10.8. The Morgan fingerprint density at radius 3 is 1.45 bits per heavy atom. The number of aliphatic hydroxyl groups is 2. The van der Waals surface area contributed by atoms with Crippen molar-refractivity contribution in [2.75, 3.05) is 6.61 Å². The second-order valence-corrected chi connectivity index (χ2v) is 7.64. The summed E-state index contributed by atoms with van der Waals surface area (Å²) in [6.45, 7) is -4.04. The molecule has 0 saturated carbocycles. The van der Waals surface area contributed by atoms with Gasteiger partial charge in [-0.3, -0.25) is 0 Å². The first-order valence-electron chi connectivity index (χ1n) is 12.5. The lowest BCUT2D eigenvalue weighted by Crippen LogP contribution is -2.61. The van der Waals surface area contributed by atoms with Gasteiger partial charge in [0.25, 0.3) is 0 Å². The highest BCUT2D eigenvalue weighted by Gasteiger charge is 2.47. The molecule has 33 heavy (non-hydrogen) atoms. The first kappa shape index (κ1) is 19.9. The summed E-state index contributed by atoms with van der Waals surface area (Å²) >= 11 is 0. The van der Waals surface area contributed by atoms with E-state index >= 15 is 0 Å². The number of hydrogen-bond donors (Lipinski definition) is 2. The summed E-state index contributed by atoms with van der Waals surface area (Å²) in [7, 11) is 0. The van der Waals surface area contributed by atoms with Crippen LogP contribution in [-0.4, -0.2) is 47.5 Å². The fourth-order valence-corrected chi connectivity index (χ4v) is 3.57. The van der Waals surface area contributed by atoms with Crippen molar-refractivity contribution in [3.63, 3.8) is 0 Å². The van der Waals surface area contributed by atoms with Gasteiger partial charge in [-0.15, -0.1) is 0 Å². The Labute approximate surface area is 198 Å². The molecule has 0 spiro atoms. The minimum Gasteiger partial charge on any atom is -0.394 e. The third-order valence-corrected chi connectivity index (χ3v) is 5.27. The SMILES string of the molecule is [2H]C(O[C@H]1[C@H](OC([2H])c2ccccc2)[C@@H](OC([2H])c2ccccc2)C(O)O[C@@H]1CO)c1ccccc1. The molecular formula is C27H30O6. The fraction of sp³-hybridized carbons (Fsp3) is 0.333. The van der Waals surface area contributed by atoms with Crippen LogP contribution in [0, 0.1) is 0 Å². The quantitative estimate of drug-likeness (QED) is 0.490. The van der Waals surface area contributed by atoms with Gasteiger partial charge in [0.05, 0.1) is 30.5 Å². The zero-order valence-electron chi connectivity index (χ0n) is 21.0. The largest absolute Gasteiger partial charge is 0.394 e. The Morgan fingerprint density at radius 2 is 1.03 bits per heavy atom. The molecule has 1 aliphatic rings. The standard InChI is InChI=1S/C27H30O6/c28-16-23-24(30-17-20-10-4-1-5-11-20)25(31-18-21-12-6-2-7-13-21)26(27(29)33-23)32-19-22-14-8-3-9-15-22/h1-15,23-29H,16-19H2/t23-,24-,25+,26-,27?/m1/s1/i17D,18D,19D/t17?,18?,19?,23-,24-,25+,26-,27?. The van der Waals surface area contributed by atoms with E-state index in [1.54, 1.807) is 72.8 Å². The second-order valence-electron chi connectivity index (χ2n) is 7.64. The molecule has 6 heteroatoms. The smallest absolute Gasteiger partial charge is 0.184 e. The molecule has 174 valence electrons. The van der Waals surface area contributed by atoms with Crippen molar-refractivity contribution in [2.24, 2.45) is 0 Å². The van der Waals surface area contributed by atoms with E-state index in [0.29, 0.717) is 16.7 Å². The van der Waals surface area contributed by atoms with Crippen LogP contribution in [0.5, 0.6) is 0 Å².